The van der Waals surface area contributed by atoms with Gasteiger partial charge in [-0.25, -0.2) is 0 Å². The Hall–Kier alpha value is -1.85. The van der Waals surface area contributed by atoms with Gasteiger partial charge in [0.05, 0.1) is 11.2 Å². The van der Waals surface area contributed by atoms with Gasteiger partial charge >= 0.3 is 6.36 Å². The topological polar surface area (TPSA) is 37.0 Å². The number of anilines is 1. The Kier molecular flexibility index (Phi) is 3.23. The normalized spacial score (nSPS) is 16.8. The molecule has 1 aromatic heterocycles. The van der Waals surface area contributed by atoms with E-state index >= 15 is 0 Å². The van der Waals surface area contributed by atoms with Gasteiger partial charge in [0.2, 0.25) is 0 Å². The molecule has 1 aliphatic carbocycles. The number of halogens is 3. The molecule has 2 aromatic rings. The number of nitrogens with one attached hydrogen (secondary N) is 2. The third-order valence-electron chi connectivity index (χ3n) is 3.58. The molecule has 0 aliphatic heterocycles. The van der Waals surface area contributed by atoms with E-state index in [9.17, 15) is 13.2 Å². The van der Waals surface area contributed by atoms with Gasteiger partial charge in [0.15, 0.2) is 0 Å². The highest BCUT2D eigenvalue weighted by Crippen LogP contribution is 2.33. The van der Waals surface area contributed by atoms with Crippen molar-refractivity contribution in [2.24, 2.45) is 0 Å². The molecule has 0 unspecified atom stereocenters. The number of alkyl halides is 3. The minimum Gasteiger partial charge on any atom is -0.406 e. The second-order valence-electron chi connectivity index (χ2n) is 5.09. The molecule has 0 amide bonds. The van der Waals surface area contributed by atoms with Gasteiger partial charge in [-0.3, -0.25) is 0 Å². The van der Waals surface area contributed by atoms with Crippen molar-refractivity contribution in [2.45, 2.75) is 38.1 Å². The average Bonchev–Trinajstić information content (AvgIpc) is 2.96. The van der Waals surface area contributed by atoms with Gasteiger partial charge in [-0.15, -0.1) is 13.2 Å². The number of H-pyrrole nitrogens is 1. The molecule has 0 spiro atoms. The number of hydrogen-bond donors (Lipinski definition) is 2. The van der Waals surface area contributed by atoms with Crippen LogP contribution in [0.1, 0.15) is 25.7 Å². The third-order valence-corrected chi connectivity index (χ3v) is 3.58. The molecule has 0 radical (unpaired) electrons. The summed E-state index contributed by atoms with van der Waals surface area (Å²) in [6, 6.07) is 4.85. The van der Waals surface area contributed by atoms with Crippen LogP contribution in [0.2, 0.25) is 0 Å². The van der Waals surface area contributed by atoms with Crippen LogP contribution in [-0.4, -0.2) is 17.4 Å². The lowest BCUT2D eigenvalue weighted by Gasteiger charge is -2.16. The lowest BCUT2D eigenvalue weighted by molar-refractivity contribution is -0.274. The molecule has 1 fully saturated rings. The fourth-order valence-corrected chi connectivity index (χ4v) is 2.74. The summed E-state index contributed by atoms with van der Waals surface area (Å²) in [5, 5.41) is 4.02. The highest BCUT2D eigenvalue weighted by atomic mass is 19.4. The van der Waals surface area contributed by atoms with Gasteiger partial charge in [-0.2, -0.15) is 0 Å². The Morgan fingerprint density at radius 2 is 1.95 bits per heavy atom. The van der Waals surface area contributed by atoms with Crippen molar-refractivity contribution in [1.29, 1.82) is 0 Å². The first-order valence-electron chi connectivity index (χ1n) is 6.65. The summed E-state index contributed by atoms with van der Waals surface area (Å²) in [5.74, 6) is -0.190. The molecule has 0 bridgehead atoms. The van der Waals surface area contributed by atoms with E-state index in [0.717, 1.165) is 31.2 Å². The van der Waals surface area contributed by atoms with Gasteiger partial charge in [0, 0.05) is 23.7 Å². The van der Waals surface area contributed by atoms with Crippen LogP contribution in [0.15, 0.2) is 24.4 Å². The van der Waals surface area contributed by atoms with E-state index in [0.29, 0.717) is 17.1 Å². The number of aromatic amines is 1. The molecule has 20 heavy (non-hydrogen) atoms. The Morgan fingerprint density at radius 1 is 1.20 bits per heavy atom. The van der Waals surface area contributed by atoms with Crippen molar-refractivity contribution < 1.29 is 17.9 Å². The van der Waals surface area contributed by atoms with Crippen molar-refractivity contribution in [2.75, 3.05) is 5.32 Å². The molecule has 0 atom stereocenters. The SMILES string of the molecule is FC(F)(F)Oc1cc(NC2CCCC2)c2[nH]ccc2c1. The largest absolute Gasteiger partial charge is 0.573 e. The third kappa shape index (κ3) is 2.84. The van der Waals surface area contributed by atoms with E-state index in [4.69, 9.17) is 0 Å². The van der Waals surface area contributed by atoms with E-state index in [1.807, 2.05) is 0 Å². The van der Waals surface area contributed by atoms with Crippen molar-refractivity contribution >= 4 is 16.6 Å². The van der Waals surface area contributed by atoms with E-state index < -0.39 is 6.36 Å². The van der Waals surface area contributed by atoms with Gasteiger partial charge in [-0.1, -0.05) is 12.8 Å². The Labute approximate surface area is 114 Å². The molecule has 1 saturated carbocycles. The minimum atomic E-state index is -4.67. The van der Waals surface area contributed by atoms with Crippen molar-refractivity contribution in [3.05, 3.63) is 24.4 Å². The molecular weight excluding hydrogens is 269 g/mol. The number of rotatable bonds is 3. The summed E-state index contributed by atoms with van der Waals surface area (Å²) in [4.78, 5) is 3.05. The molecule has 1 heterocycles. The standard InChI is InChI=1S/C14H15F3N2O/c15-14(16,17)20-11-7-9-5-6-18-13(9)12(8-11)19-10-3-1-2-4-10/h5-8,10,18-19H,1-4H2. The summed E-state index contributed by atoms with van der Waals surface area (Å²) in [5.41, 5.74) is 1.48. The maximum absolute atomic E-state index is 12.4. The predicted molar refractivity (Wildman–Crippen MR) is 70.9 cm³/mol. The molecular formula is C14H15F3N2O. The van der Waals surface area contributed by atoms with E-state index in [1.165, 1.54) is 12.1 Å². The Morgan fingerprint density at radius 3 is 2.65 bits per heavy atom. The summed E-state index contributed by atoms with van der Waals surface area (Å²) >= 11 is 0. The predicted octanol–water partition coefficient (Wildman–Crippen LogP) is 4.42. The van der Waals surface area contributed by atoms with E-state index in [1.54, 1.807) is 12.3 Å². The van der Waals surface area contributed by atoms with Crippen LogP contribution in [0.3, 0.4) is 0 Å². The second-order valence-corrected chi connectivity index (χ2v) is 5.09. The quantitative estimate of drug-likeness (QED) is 0.875. The van der Waals surface area contributed by atoms with Gasteiger partial charge in [-0.05, 0) is 25.0 Å². The first kappa shape index (κ1) is 13.1. The summed E-state index contributed by atoms with van der Waals surface area (Å²) < 4.78 is 41.1. The van der Waals surface area contributed by atoms with Crippen molar-refractivity contribution in [1.82, 2.24) is 4.98 Å². The van der Waals surface area contributed by atoms with Crippen LogP contribution in [0.4, 0.5) is 18.9 Å². The van der Waals surface area contributed by atoms with E-state index in [-0.39, 0.29) is 5.75 Å². The first-order chi connectivity index (χ1) is 9.51. The summed E-state index contributed by atoms with van der Waals surface area (Å²) in [7, 11) is 0. The summed E-state index contributed by atoms with van der Waals surface area (Å²) in [6.45, 7) is 0. The number of aromatic nitrogens is 1. The fourth-order valence-electron chi connectivity index (χ4n) is 2.74. The molecule has 6 heteroatoms. The number of hydrogen-bond acceptors (Lipinski definition) is 2. The Balaban J connectivity index is 1.93. The maximum atomic E-state index is 12.4. The number of fused-ring (bicyclic) bond motifs is 1. The van der Waals surface area contributed by atoms with Crippen molar-refractivity contribution in [3.8, 4) is 5.75 Å². The van der Waals surface area contributed by atoms with Crippen LogP contribution >= 0.6 is 0 Å². The minimum absolute atomic E-state index is 0.190. The Bertz CT molecular complexity index is 600. The fraction of sp³-hybridized carbons (Fsp3) is 0.429. The smallest absolute Gasteiger partial charge is 0.406 e. The van der Waals surface area contributed by atoms with Crippen LogP contribution in [0, 0.1) is 0 Å². The number of benzene rings is 1. The molecule has 1 aromatic carbocycles. The molecule has 0 saturated heterocycles. The van der Waals surface area contributed by atoms with Crippen LogP contribution in [0.25, 0.3) is 10.9 Å². The zero-order valence-corrected chi connectivity index (χ0v) is 10.8. The van der Waals surface area contributed by atoms with Gasteiger partial charge in [0.25, 0.3) is 0 Å². The first-order valence-corrected chi connectivity index (χ1v) is 6.65. The monoisotopic (exact) mass is 284 g/mol. The van der Waals surface area contributed by atoms with Crippen LogP contribution in [0.5, 0.6) is 5.75 Å². The van der Waals surface area contributed by atoms with Gasteiger partial charge in [0.1, 0.15) is 5.75 Å². The lowest BCUT2D eigenvalue weighted by atomic mass is 10.2. The molecule has 3 nitrogen and oxygen atoms in total. The highest BCUT2D eigenvalue weighted by Gasteiger charge is 2.31. The zero-order valence-electron chi connectivity index (χ0n) is 10.8. The van der Waals surface area contributed by atoms with Gasteiger partial charge < -0.3 is 15.0 Å². The number of ether oxygens (including phenoxy) is 1. The molecule has 1 aliphatic rings. The zero-order chi connectivity index (χ0) is 14.2. The molecule has 3 rings (SSSR count). The highest BCUT2D eigenvalue weighted by molar-refractivity contribution is 5.92. The second kappa shape index (κ2) is 4.92. The van der Waals surface area contributed by atoms with Crippen molar-refractivity contribution in [3.63, 3.8) is 0 Å². The molecule has 108 valence electrons. The van der Waals surface area contributed by atoms with Crippen LogP contribution in [-0.2, 0) is 0 Å². The molecule has 2 N–H and O–H groups in total. The maximum Gasteiger partial charge on any atom is 0.573 e. The lowest BCUT2D eigenvalue weighted by Crippen LogP contribution is -2.18. The summed E-state index contributed by atoms with van der Waals surface area (Å²) in [6.07, 6.45) is 1.45. The van der Waals surface area contributed by atoms with Crippen LogP contribution < -0.4 is 10.1 Å². The average molecular weight is 284 g/mol. The van der Waals surface area contributed by atoms with E-state index in [2.05, 4.69) is 15.0 Å².